The van der Waals surface area contributed by atoms with Gasteiger partial charge in [0, 0.05) is 61.9 Å². The van der Waals surface area contributed by atoms with Crippen LogP contribution in [0, 0.1) is 0 Å². The van der Waals surface area contributed by atoms with Crippen LogP contribution in [0.25, 0.3) is 22.3 Å². The lowest BCUT2D eigenvalue weighted by Crippen LogP contribution is -2.54. The SMILES string of the molecule is CCN(CC)c1ccc2cc(-c3ccc(C(=O)NC(CNC(=O)C4=C/C=C\C=C/C=C\4)C(=O)N(CCCC(=O)O)CCCS(=O)(=O)O)o3)c(=O)oc2c1. The number of aliphatic carboxylic acids is 1. The summed E-state index contributed by atoms with van der Waals surface area (Å²) in [6, 6.07) is 8.34. The monoisotopic (exact) mass is 750 g/mol. The van der Waals surface area contributed by atoms with Gasteiger partial charge in [-0.2, -0.15) is 8.42 Å². The molecule has 0 bridgehead atoms. The van der Waals surface area contributed by atoms with E-state index in [1.54, 1.807) is 54.7 Å². The van der Waals surface area contributed by atoms with Crippen molar-refractivity contribution in [2.24, 2.45) is 0 Å². The Bertz CT molecular complexity index is 2110. The molecule has 2 heterocycles. The van der Waals surface area contributed by atoms with Gasteiger partial charge in [0.2, 0.25) is 5.91 Å². The first-order valence-electron chi connectivity index (χ1n) is 17.0. The molecule has 1 aliphatic rings. The summed E-state index contributed by atoms with van der Waals surface area (Å²) in [5.74, 6) is -4.22. The van der Waals surface area contributed by atoms with E-state index in [9.17, 15) is 36.9 Å². The molecule has 1 unspecified atom stereocenters. The van der Waals surface area contributed by atoms with Gasteiger partial charge in [0.05, 0.1) is 5.75 Å². The number of carboxylic acids is 1. The normalized spacial score (nSPS) is 15.9. The highest BCUT2D eigenvalue weighted by atomic mass is 32.2. The molecule has 0 saturated heterocycles. The summed E-state index contributed by atoms with van der Waals surface area (Å²) in [5, 5.41) is 14.9. The lowest BCUT2D eigenvalue weighted by atomic mass is 10.1. The third-order valence-electron chi connectivity index (χ3n) is 8.23. The van der Waals surface area contributed by atoms with E-state index in [1.165, 1.54) is 12.1 Å². The number of allylic oxidation sites excluding steroid dienone is 6. The average Bonchev–Trinajstić information content (AvgIpc) is 3.59. The van der Waals surface area contributed by atoms with Crippen LogP contribution in [-0.4, -0.2) is 91.2 Å². The van der Waals surface area contributed by atoms with Crippen molar-refractivity contribution >= 4 is 50.5 Å². The van der Waals surface area contributed by atoms with Crippen LogP contribution < -0.4 is 21.2 Å². The van der Waals surface area contributed by atoms with E-state index in [4.69, 9.17) is 13.9 Å². The maximum Gasteiger partial charge on any atom is 0.347 e. The molecular weight excluding hydrogens is 708 g/mol. The molecule has 0 radical (unpaired) electrons. The van der Waals surface area contributed by atoms with Crippen molar-refractivity contribution in [1.29, 1.82) is 0 Å². The quantitative estimate of drug-likeness (QED) is 0.108. The molecule has 3 amide bonds. The summed E-state index contributed by atoms with van der Waals surface area (Å²) in [6.07, 6.45) is 11.1. The van der Waals surface area contributed by atoms with Gasteiger partial charge in [-0.15, -0.1) is 0 Å². The number of carboxylic acid groups (broad SMARTS) is 1. The topological polar surface area (TPSA) is 217 Å². The molecule has 0 aliphatic heterocycles. The summed E-state index contributed by atoms with van der Waals surface area (Å²) >= 11 is 0. The van der Waals surface area contributed by atoms with Crippen LogP contribution in [0.2, 0.25) is 0 Å². The number of rotatable bonds is 18. The highest BCUT2D eigenvalue weighted by Gasteiger charge is 2.29. The Balaban J connectivity index is 1.59. The molecule has 0 saturated carbocycles. The first-order chi connectivity index (χ1) is 25.3. The number of nitrogens with zero attached hydrogens (tertiary/aromatic N) is 2. The summed E-state index contributed by atoms with van der Waals surface area (Å²) in [7, 11) is -4.36. The van der Waals surface area contributed by atoms with E-state index in [0.717, 1.165) is 23.7 Å². The minimum absolute atomic E-state index is 0.00413. The standard InChI is InChI=1S/C37H42N4O11S/c1-3-40(4-2)27-16-15-26-22-28(37(47)52-32(26)23-27)30-17-18-31(51-30)35(45)39-29(24-38-34(44)25-12-8-6-5-7-9-13-25)36(46)41(19-10-14-33(42)43)20-11-21-53(48,49)50/h5-9,12-13,15-18,22-23,29H,3-4,10-11,14,19-21,24H2,1-2H3,(H,38,44)(H,39,45)(H,42,43)(H,48,49,50)/b6-5-,7-5?,8-6?,9-7-,12-8-,13-9?,25-12?,25-13+. The summed E-state index contributed by atoms with van der Waals surface area (Å²) in [5.41, 5.74) is 0.875. The zero-order valence-electron chi connectivity index (χ0n) is 29.3. The maximum absolute atomic E-state index is 13.9. The number of furan rings is 1. The van der Waals surface area contributed by atoms with Crippen LogP contribution in [0.4, 0.5) is 5.69 Å². The van der Waals surface area contributed by atoms with Crippen LogP contribution in [0.15, 0.2) is 98.1 Å². The lowest BCUT2D eigenvalue weighted by molar-refractivity contribution is -0.138. The van der Waals surface area contributed by atoms with Crippen molar-refractivity contribution in [2.45, 2.75) is 39.2 Å². The number of hydrogen-bond acceptors (Lipinski definition) is 10. The Morgan fingerprint density at radius 1 is 0.887 bits per heavy atom. The Kier molecular flexibility index (Phi) is 14.1. The summed E-state index contributed by atoms with van der Waals surface area (Å²) in [4.78, 5) is 68.0. The fraction of sp³-hybridized carbons (Fsp3) is 0.324. The van der Waals surface area contributed by atoms with Crippen LogP contribution in [0.3, 0.4) is 0 Å². The number of nitrogens with one attached hydrogen (secondary N) is 2. The fourth-order valence-corrected chi connectivity index (χ4v) is 6.01. The predicted octanol–water partition coefficient (Wildman–Crippen LogP) is 3.69. The Morgan fingerprint density at radius 3 is 2.32 bits per heavy atom. The molecule has 2 aromatic heterocycles. The molecule has 4 N–H and O–H groups in total. The van der Waals surface area contributed by atoms with Crippen LogP contribution in [0.5, 0.6) is 0 Å². The summed E-state index contributed by atoms with van der Waals surface area (Å²) in [6.45, 7) is 4.82. The molecule has 282 valence electrons. The van der Waals surface area contributed by atoms with Crippen molar-refractivity contribution in [2.75, 3.05) is 43.4 Å². The van der Waals surface area contributed by atoms with E-state index in [1.807, 2.05) is 26.0 Å². The third-order valence-corrected chi connectivity index (χ3v) is 9.04. The van der Waals surface area contributed by atoms with Gasteiger partial charge in [0.1, 0.15) is 22.9 Å². The van der Waals surface area contributed by atoms with Gasteiger partial charge >= 0.3 is 11.6 Å². The van der Waals surface area contributed by atoms with Gasteiger partial charge in [-0.25, -0.2) is 4.79 Å². The van der Waals surface area contributed by atoms with Gasteiger partial charge < -0.3 is 34.4 Å². The molecule has 0 spiro atoms. The van der Waals surface area contributed by atoms with Gasteiger partial charge in [0.15, 0.2) is 5.76 Å². The number of amides is 3. The van der Waals surface area contributed by atoms with Gasteiger partial charge in [-0.05, 0) is 69.2 Å². The zero-order valence-corrected chi connectivity index (χ0v) is 30.1. The predicted molar refractivity (Wildman–Crippen MR) is 198 cm³/mol. The van der Waals surface area contributed by atoms with E-state index in [2.05, 4.69) is 15.5 Å². The fourth-order valence-electron chi connectivity index (χ4n) is 5.52. The van der Waals surface area contributed by atoms with E-state index in [0.29, 0.717) is 11.0 Å². The molecule has 53 heavy (non-hydrogen) atoms. The van der Waals surface area contributed by atoms with Gasteiger partial charge in [-0.3, -0.25) is 23.7 Å². The number of carbonyl (C=O) groups excluding carboxylic acids is 3. The first-order valence-corrected chi connectivity index (χ1v) is 18.6. The second kappa shape index (κ2) is 18.7. The third kappa shape index (κ3) is 11.6. The molecular formula is C37H42N4O11S. The smallest absolute Gasteiger partial charge is 0.347 e. The van der Waals surface area contributed by atoms with Gasteiger partial charge in [0.25, 0.3) is 21.9 Å². The maximum atomic E-state index is 13.9. The Morgan fingerprint density at radius 2 is 1.60 bits per heavy atom. The number of fused-ring (bicyclic) bond motifs is 1. The highest BCUT2D eigenvalue weighted by molar-refractivity contribution is 7.85. The number of hydrogen-bond donors (Lipinski definition) is 4. The molecule has 1 atom stereocenters. The number of benzene rings is 1. The molecule has 4 rings (SSSR count). The van der Waals surface area contributed by atoms with Crippen molar-refractivity contribution < 1.29 is 46.1 Å². The van der Waals surface area contributed by atoms with Crippen molar-refractivity contribution in [3.63, 3.8) is 0 Å². The molecule has 1 aliphatic carbocycles. The molecule has 0 fully saturated rings. The van der Waals surface area contributed by atoms with Crippen LogP contribution in [0.1, 0.15) is 43.7 Å². The number of anilines is 1. The molecule has 15 nitrogen and oxygen atoms in total. The first kappa shape index (κ1) is 40.0. The lowest BCUT2D eigenvalue weighted by Gasteiger charge is -2.28. The van der Waals surface area contributed by atoms with E-state index >= 15 is 0 Å². The zero-order chi connectivity index (χ0) is 38.5. The number of carbonyl (C=O) groups is 4. The molecule has 3 aromatic rings. The molecule has 16 heteroatoms. The van der Waals surface area contributed by atoms with Crippen LogP contribution in [-0.2, 0) is 24.5 Å². The second-order valence-electron chi connectivity index (χ2n) is 12.0. The Labute approximate surface area is 306 Å². The second-order valence-corrected chi connectivity index (χ2v) is 13.5. The minimum atomic E-state index is -4.36. The highest BCUT2D eigenvalue weighted by Crippen LogP contribution is 2.26. The van der Waals surface area contributed by atoms with Crippen molar-refractivity contribution in [3.05, 3.63) is 101 Å². The summed E-state index contributed by atoms with van der Waals surface area (Å²) < 4.78 is 43.3. The van der Waals surface area contributed by atoms with E-state index < -0.39 is 57.8 Å². The van der Waals surface area contributed by atoms with E-state index in [-0.39, 0.29) is 55.0 Å². The molecule has 1 aromatic carbocycles. The van der Waals surface area contributed by atoms with Crippen LogP contribution >= 0.6 is 0 Å². The Hall–Kier alpha value is -5.74. The average molecular weight is 751 g/mol. The van der Waals surface area contributed by atoms with Crippen molar-refractivity contribution in [3.8, 4) is 11.3 Å². The van der Waals surface area contributed by atoms with Crippen molar-refractivity contribution in [1.82, 2.24) is 15.5 Å². The largest absolute Gasteiger partial charge is 0.481 e. The minimum Gasteiger partial charge on any atom is -0.481 e. The van der Waals surface area contributed by atoms with Gasteiger partial charge in [-0.1, -0.05) is 30.4 Å².